The molecule has 3 unspecified atom stereocenters. The lowest BCUT2D eigenvalue weighted by molar-refractivity contribution is 0.00821. The van der Waals surface area contributed by atoms with Gasteiger partial charge >= 0.3 is 0 Å². The summed E-state index contributed by atoms with van der Waals surface area (Å²) in [5.74, 6) is -0.0417. The van der Waals surface area contributed by atoms with Crippen molar-refractivity contribution in [1.82, 2.24) is 9.80 Å². The lowest BCUT2D eigenvalue weighted by Gasteiger charge is -2.38. The van der Waals surface area contributed by atoms with E-state index in [0.29, 0.717) is 43.6 Å². The van der Waals surface area contributed by atoms with Gasteiger partial charge in [0.25, 0.3) is 11.8 Å². The van der Waals surface area contributed by atoms with Crippen LogP contribution in [0.4, 0.5) is 5.69 Å². The Morgan fingerprint density at radius 3 is 2.44 bits per heavy atom. The molecule has 3 N–H and O–H groups in total. The number of rotatable bonds is 9. The molecule has 2 saturated heterocycles. The summed E-state index contributed by atoms with van der Waals surface area (Å²) < 4.78 is 5.61. The fourth-order valence-corrected chi connectivity index (χ4v) is 6.71. The van der Waals surface area contributed by atoms with E-state index in [1.165, 1.54) is 0 Å². The molecule has 8 heteroatoms. The number of likely N-dealkylation sites (N-methyl/N-ethyl adjacent to an activating group) is 1. The van der Waals surface area contributed by atoms with Gasteiger partial charge in [-0.15, -0.1) is 0 Å². The van der Waals surface area contributed by atoms with Crippen LogP contribution in [0.1, 0.15) is 70.9 Å². The highest BCUT2D eigenvalue weighted by atomic mass is 16.5. The molecule has 0 aromatic heterocycles. The maximum atomic E-state index is 13.7. The molecule has 0 radical (unpaired) electrons. The van der Waals surface area contributed by atoms with E-state index in [9.17, 15) is 14.7 Å². The van der Waals surface area contributed by atoms with Crippen LogP contribution in [0.2, 0.25) is 0 Å². The first-order valence-electron chi connectivity index (χ1n) is 14.4. The second-order valence-electron chi connectivity index (χ2n) is 11.2. The monoisotopic (exact) mass is 534 g/mol. The van der Waals surface area contributed by atoms with Crippen molar-refractivity contribution in [2.45, 2.75) is 76.3 Å². The average Bonchev–Trinajstić information content (AvgIpc) is 3.15. The molecule has 0 aliphatic carbocycles. The highest BCUT2D eigenvalue weighted by Crippen LogP contribution is 2.38. The van der Waals surface area contributed by atoms with E-state index >= 15 is 0 Å². The number of hydrogen-bond acceptors (Lipinski definition) is 6. The van der Waals surface area contributed by atoms with Gasteiger partial charge in [-0.25, -0.2) is 0 Å². The molecule has 3 heterocycles. The van der Waals surface area contributed by atoms with Crippen molar-refractivity contribution in [2.75, 3.05) is 38.2 Å². The summed E-state index contributed by atoms with van der Waals surface area (Å²) in [6, 6.07) is 14.0. The number of amides is 2. The smallest absolute Gasteiger partial charge is 0.256 e. The maximum Gasteiger partial charge on any atom is 0.256 e. The second-order valence-corrected chi connectivity index (χ2v) is 11.2. The zero-order chi connectivity index (χ0) is 27.5. The largest absolute Gasteiger partial charge is 0.391 e. The van der Waals surface area contributed by atoms with E-state index in [-0.39, 0.29) is 36.5 Å². The topological polar surface area (TPSA) is 99.3 Å². The number of hydrogen-bond donors (Lipinski definition) is 2. The molecule has 5 rings (SSSR count). The number of nitrogens with two attached hydrogens (primary N) is 1. The molecule has 3 atom stereocenters. The predicted octanol–water partition coefficient (Wildman–Crippen LogP) is 3.20. The van der Waals surface area contributed by atoms with Crippen LogP contribution >= 0.6 is 0 Å². The minimum Gasteiger partial charge on any atom is -0.391 e. The lowest BCUT2D eigenvalue weighted by Crippen LogP contribution is -2.48. The highest BCUT2D eigenvalue weighted by molar-refractivity contribution is 6.03. The number of aliphatic hydroxyl groups is 1. The van der Waals surface area contributed by atoms with Crippen molar-refractivity contribution < 1.29 is 19.4 Å². The molecule has 2 aromatic carbocycles. The number of carbonyl (C=O) groups excluding carboxylic acids is 2. The van der Waals surface area contributed by atoms with Crippen LogP contribution in [-0.2, 0) is 17.7 Å². The quantitative estimate of drug-likeness (QED) is 0.513. The van der Waals surface area contributed by atoms with E-state index in [4.69, 9.17) is 10.5 Å². The number of ether oxygens (including phenoxy) is 1. The Balaban J connectivity index is 1.30. The van der Waals surface area contributed by atoms with Gasteiger partial charge in [0.05, 0.1) is 23.5 Å². The fraction of sp³-hybridized carbons (Fsp3) is 0.548. The van der Waals surface area contributed by atoms with E-state index in [2.05, 4.69) is 16.7 Å². The first-order chi connectivity index (χ1) is 18.9. The Bertz CT molecular complexity index is 1170. The van der Waals surface area contributed by atoms with E-state index in [0.717, 1.165) is 49.0 Å². The van der Waals surface area contributed by atoms with Gasteiger partial charge in [-0.05, 0) is 74.8 Å². The average molecular weight is 535 g/mol. The van der Waals surface area contributed by atoms with Crippen molar-refractivity contribution in [2.24, 2.45) is 5.73 Å². The molecule has 39 heavy (non-hydrogen) atoms. The highest BCUT2D eigenvalue weighted by Gasteiger charge is 2.43. The summed E-state index contributed by atoms with van der Waals surface area (Å²) in [5, 5.41) is 10.9. The van der Waals surface area contributed by atoms with E-state index < -0.39 is 6.10 Å². The Labute approximate surface area is 231 Å². The molecule has 2 fully saturated rings. The molecular weight excluding hydrogens is 492 g/mol. The number of fused-ring (bicyclic) bond motifs is 3. The molecule has 8 nitrogen and oxygen atoms in total. The Kier molecular flexibility index (Phi) is 8.54. The number of aryl methyl sites for hydroxylation is 1. The zero-order valence-electron chi connectivity index (χ0n) is 23.2. The van der Waals surface area contributed by atoms with Gasteiger partial charge in [-0.2, -0.15) is 0 Å². The first-order valence-corrected chi connectivity index (χ1v) is 14.4. The third kappa shape index (κ3) is 5.69. The Hall–Kier alpha value is -2.94. The van der Waals surface area contributed by atoms with Crippen LogP contribution in [0.15, 0.2) is 42.5 Å². The third-order valence-corrected chi connectivity index (χ3v) is 8.90. The fourth-order valence-electron chi connectivity index (χ4n) is 6.71. The van der Waals surface area contributed by atoms with Gasteiger partial charge in [-0.3, -0.25) is 9.59 Å². The maximum absolute atomic E-state index is 13.7. The molecular formula is C31H42N4O4. The second kappa shape index (κ2) is 12.1. The number of nitrogens with zero attached hydrogens (tertiary/aromatic N) is 3. The molecule has 3 aliphatic rings. The first kappa shape index (κ1) is 27.6. The van der Waals surface area contributed by atoms with Gasteiger partial charge < -0.3 is 30.3 Å². The van der Waals surface area contributed by atoms with Crippen LogP contribution in [0, 0.1) is 0 Å². The van der Waals surface area contributed by atoms with Crippen molar-refractivity contribution >= 4 is 17.5 Å². The normalized spacial score (nSPS) is 23.5. The summed E-state index contributed by atoms with van der Waals surface area (Å²) in [6.07, 6.45) is 4.68. The van der Waals surface area contributed by atoms with Gasteiger partial charge in [0.2, 0.25) is 0 Å². The summed E-state index contributed by atoms with van der Waals surface area (Å²) >= 11 is 0. The summed E-state index contributed by atoms with van der Waals surface area (Å²) in [5.41, 5.74) is 10.1. The van der Waals surface area contributed by atoms with Crippen molar-refractivity contribution in [3.05, 3.63) is 64.7 Å². The van der Waals surface area contributed by atoms with Crippen molar-refractivity contribution in [1.29, 1.82) is 0 Å². The number of anilines is 1. The Morgan fingerprint density at radius 2 is 1.77 bits per heavy atom. The van der Waals surface area contributed by atoms with Crippen molar-refractivity contribution in [3.63, 3.8) is 0 Å². The molecule has 3 aliphatic heterocycles. The number of methoxy groups -OCH3 is 1. The molecule has 2 aromatic rings. The molecule has 210 valence electrons. The van der Waals surface area contributed by atoms with E-state index in [1.807, 2.05) is 30.3 Å². The molecule has 0 saturated carbocycles. The zero-order valence-corrected chi connectivity index (χ0v) is 23.2. The number of carbonyl (C=O) groups is 2. The molecule has 0 spiro atoms. The number of β-amino-alcohol motifs (C(OH)–C–C–N with tert-alkyl or cyclic N) is 1. The van der Waals surface area contributed by atoms with Gasteiger partial charge in [0.1, 0.15) is 0 Å². The van der Waals surface area contributed by atoms with Gasteiger partial charge in [-0.1, -0.05) is 24.3 Å². The lowest BCUT2D eigenvalue weighted by atomic mass is 9.97. The number of aliphatic hydroxyl groups excluding tert-OH is 1. The van der Waals surface area contributed by atoms with Crippen LogP contribution < -0.4 is 10.6 Å². The molecule has 2 bridgehead atoms. The minimum absolute atomic E-state index is 0.0534. The SMILES string of the molecule is CCN1CCN(CC(O)CCc2ccccc2CN)C(=O)c2ccc(C(=O)N3C4CCC3CC(OC)C4)cc21. The number of benzene rings is 2. The van der Waals surface area contributed by atoms with Gasteiger partial charge in [0, 0.05) is 57.5 Å². The van der Waals surface area contributed by atoms with Crippen LogP contribution in [0.25, 0.3) is 0 Å². The molecule has 2 amide bonds. The van der Waals surface area contributed by atoms with Crippen LogP contribution in [0.3, 0.4) is 0 Å². The van der Waals surface area contributed by atoms with Crippen molar-refractivity contribution in [3.8, 4) is 0 Å². The van der Waals surface area contributed by atoms with E-state index in [1.54, 1.807) is 24.1 Å². The minimum atomic E-state index is -0.636. The number of piperidine rings is 1. The van der Waals surface area contributed by atoms with Crippen LogP contribution in [-0.4, -0.2) is 84.3 Å². The Morgan fingerprint density at radius 1 is 1.08 bits per heavy atom. The summed E-state index contributed by atoms with van der Waals surface area (Å²) in [4.78, 5) is 33.3. The van der Waals surface area contributed by atoms with Gasteiger partial charge in [0.15, 0.2) is 0 Å². The standard InChI is InChI=1S/C31H42N4O4/c1-3-33-14-15-34(20-26(36)12-8-21-6-4-5-7-23(21)19-32)31(38)28-13-9-22(16-29(28)33)30(37)35-24-10-11-25(35)18-27(17-24)39-2/h4-7,9,13,16,24-27,36H,3,8,10-12,14-15,17-20,32H2,1-2H3. The van der Waals surface area contributed by atoms with Crippen LogP contribution in [0.5, 0.6) is 0 Å². The third-order valence-electron chi connectivity index (χ3n) is 8.90. The summed E-state index contributed by atoms with van der Waals surface area (Å²) in [6.45, 7) is 4.72. The predicted molar refractivity (Wildman–Crippen MR) is 152 cm³/mol. The summed E-state index contributed by atoms with van der Waals surface area (Å²) in [7, 11) is 1.76.